The molecule has 6 heteroatoms. The van der Waals surface area contributed by atoms with Gasteiger partial charge in [0.1, 0.15) is 19.3 Å². The molecule has 0 unspecified atom stereocenters. The van der Waals surface area contributed by atoms with E-state index in [4.69, 9.17) is 9.47 Å². The van der Waals surface area contributed by atoms with Crippen LogP contribution in [0.1, 0.15) is 36.9 Å². The number of nitrogens with one attached hydrogen (secondary N) is 2. The lowest BCUT2D eigenvalue weighted by atomic mass is 10.2. The highest BCUT2D eigenvalue weighted by Gasteiger charge is 2.20. The van der Waals surface area contributed by atoms with Gasteiger partial charge in [0.2, 0.25) is 0 Å². The zero-order valence-corrected chi connectivity index (χ0v) is 13.6. The van der Waals surface area contributed by atoms with Gasteiger partial charge in [0.25, 0.3) is 5.88 Å². The van der Waals surface area contributed by atoms with E-state index < -0.39 is 0 Å². The fourth-order valence-corrected chi connectivity index (χ4v) is 3.05. The summed E-state index contributed by atoms with van der Waals surface area (Å²) >= 11 is 0. The molecule has 2 atom stereocenters. The molecule has 2 N–H and O–H groups in total. The second kappa shape index (κ2) is 7.62. The molecule has 1 aromatic rings. The average Bonchev–Trinajstić information content (AvgIpc) is 3.25. The lowest BCUT2D eigenvalue weighted by molar-refractivity contribution is 0.228. The molecular formula is C17H24N4O2. The SMILES string of the molecule is Cc1nc(OC[C@@H]2CCCN2)c(OC[C@@H]2CCCN2)cc1C#N. The molecule has 2 aliphatic heterocycles. The van der Waals surface area contributed by atoms with Crippen LogP contribution in [0.4, 0.5) is 0 Å². The Labute approximate surface area is 137 Å². The van der Waals surface area contributed by atoms with Crippen molar-refractivity contribution in [1.82, 2.24) is 15.6 Å². The van der Waals surface area contributed by atoms with Crippen LogP contribution in [0.3, 0.4) is 0 Å². The summed E-state index contributed by atoms with van der Waals surface area (Å²) in [6.07, 6.45) is 4.61. The van der Waals surface area contributed by atoms with Gasteiger partial charge in [0.05, 0.1) is 11.3 Å². The lowest BCUT2D eigenvalue weighted by Gasteiger charge is -2.17. The third kappa shape index (κ3) is 4.12. The number of ether oxygens (including phenoxy) is 2. The molecule has 0 bridgehead atoms. The fourth-order valence-electron chi connectivity index (χ4n) is 3.05. The summed E-state index contributed by atoms with van der Waals surface area (Å²) in [6.45, 7) is 5.07. The Kier molecular flexibility index (Phi) is 5.31. The van der Waals surface area contributed by atoms with Crippen LogP contribution in [-0.4, -0.2) is 43.4 Å². The molecule has 0 saturated carbocycles. The summed E-state index contributed by atoms with van der Waals surface area (Å²) in [5.41, 5.74) is 1.21. The van der Waals surface area contributed by atoms with Crippen LogP contribution < -0.4 is 20.1 Å². The Morgan fingerprint density at radius 3 is 2.39 bits per heavy atom. The number of aromatic nitrogens is 1. The van der Waals surface area contributed by atoms with E-state index >= 15 is 0 Å². The minimum absolute atomic E-state index is 0.367. The Hall–Kier alpha value is -1.84. The first-order valence-corrected chi connectivity index (χ1v) is 8.40. The minimum atomic E-state index is 0.367. The molecule has 124 valence electrons. The molecule has 23 heavy (non-hydrogen) atoms. The fraction of sp³-hybridized carbons (Fsp3) is 0.647. The second-order valence-corrected chi connectivity index (χ2v) is 6.24. The lowest BCUT2D eigenvalue weighted by Crippen LogP contribution is -2.29. The van der Waals surface area contributed by atoms with Crippen molar-refractivity contribution in [2.75, 3.05) is 26.3 Å². The molecule has 0 aromatic carbocycles. The molecule has 2 aliphatic rings. The molecule has 6 nitrogen and oxygen atoms in total. The first-order valence-electron chi connectivity index (χ1n) is 8.40. The van der Waals surface area contributed by atoms with Gasteiger partial charge in [0, 0.05) is 18.2 Å². The highest BCUT2D eigenvalue weighted by molar-refractivity contribution is 5.45. The molecule has 1 aromatic heterocycles. The zero-order chi connectivity index (χ0) is 16.1. The Bertz CT molecular complexity index is 573. The van der Waals surface area contributed by atoms with Crippen molar-refractivity contribution in [2.45, 2.75) is 44.7 Å². The highest BCUT2D eigenvalue weighted by atomic mass is 16.5. The van der Waals surface area contributed by atoms with Gasteiger partial charge in [-0.1, -0.05) is 0 Å². The van der Waals surface area contributed by atoms with Gasteiger partial charge in [-0.2, -0.15) is 5.26 Å². The van der Waals surface area contributed by atoms with Crippen LogP contribution in [0.15, 0.2) is 6.07 Å². The number of nitrogens with zero attached hydrogens (tertiary/aromatic N) is 2. The van der Waals surface area contributed by atoms with Crippen LogP contribution in [0, 0.1) is 18.3 Å². The Morgan fingerprint density at radius 1 is 1.17 bits per heavy atom. The van der Waals surface area contributed by atoms with E-state index in [1.54, 1.807) is 6.07 Å². The summed E-state index contributed by atoms with van der Waals surface area (Å²) in [4.78, 5) is 4.43. The first kappa shape index (κ1) is 16.0. The van der Waals surface area contributed by atoms with Crippen molar-refractivity contribution in [3.63, 3.8) is 0 Å². The summed E-state index contributed by atoms with van der Waals surface area (Å²) < 4.78 is 11.8. The van der Waals surface area contributed by atoms with Gasteiger partial charge >= 0.3 is 0 Å². The van der Waals surface area contributed by atoms with E-state index in [9.17, 15) is 5.26 Å². The van der Waals surface area contributed by atoms with Crippen LogP contribution >= 0.6 is 0 Å². The van der Waals surface area contributed by atoms with Gasteiger partial charge in [-0.25, -0.2) is 4.98 Å². The van der Waals surface area contributed by atoms with Gasteiger partial charge < -0.3 is 20.1 Å². The van der Waals surface area contributed by atoms with Crippen molar-refractivity contribution in [1.29, 1.82) is 5.26 Å². The molecule has 0 spiro atoms. The predicted molar refractivity (Wildman–Crippen MR) is 86.7 cm³/mol. The third-order valence-corrected chi connectivity index (χ3v) is 4.45. The van der Waals surface area contributed by atoms with Crippen molar-refractivity contribution < 1.29 is 9.47 Å². The maximum absolute atomic E-state index is 9.21. The second-order valence-electron chi connectivity index (χ2n) is 6.24. The van der Waals surface area contributed by atoms with Crippen molar-refractivity contribution in [2.24, 2.45) is 0 Å². The minimum Gasteiger partial charge on any atom is -0.486 e. The summed E-state index contributed by atoms with van der Waals surface area (Å²) in [7, 11) is 0. The van der Waals surface area contributed by atoms with E-state index in [-0.39, 0.29) is 0 Å². The molecule has 2 saturated heterocycles. The maximum Gasteiger partial charge on any atom is 0.257 e. The van der Waals surface area contributed by atoms with Gasteiger partial charge in [-0.3, -0.25) is 0 Å². The highest BCUT2D eigenvalue weighted by Crippen LogP contribution is 2.28. The molecule has 0 aliphatic carbocycles. The molecule has 0 amide bonds. The quantitative estimate of drug-likeness (QED) is 0.828. The summed E-state index contributed by atoms with van der Waals surface area (Å²) in [6, 6.07) is 4.65. The number of nitriles is 1. The van der Waals surface area contributed by atoms with E-state index in [1.807, 2.05) is 6.92 Å². The largest absolute Gasteiger partial charge is 0.486 e. The molecular weight excluding hydrogens is 292 g/mol. The van der Waals surface area contributed by atoms with Gasteiger partial charge in [0.15, 0.2) is 5.75 Å². The normalized spacial score (nSPS) is 23.7. The van der Waals surface area contributed by atoms with Gasteiger partial charge in [-0.15, -0.1) is 0 Å². The van der Waals surface area contributed by atoms with Gasteiger partial charge in [-0.05, 0) is 45.7 Å². The third-order valence-electron chi connectivity index (χ3n) is 4.45. The smallest absolute Gasteiger partial charge is 0.257 e. The maximum atomic E-state index is 9.21. The molecule has 0 radical (unpaired) electrons. The van der Waals surface area contributed by atoms with E-state index in [0.717, 1.165) is 25.9 Å². The topological polar surface area (TPSA) is 79.2 Å². The molecule has 3 heterocycles. The first-order chi connectivity index (χ1) is 11.3. The monoisotopic (exact) mass is 316 g/mol. The summed E-state index contributed by atoms with van der Waals surface area (Å²) in [5, 5.41) is 16.0. The number of pyridine rings is 1. The number of hydrogen-bond donors (Lipinski definition) is 2. The van der Waals surface area contributed by atoms with Crippen LogP contribution in [0.25, 0.3) is 0 Å². The van der Waals surface area contributed by atoms with Crippen molar-refractivity contribution in [3.05, 3.63) is 17.3 Å². The predicted octanol–water partition coefficient (Wildman–Crippen LogP) is 1.52. The number of rotatable bonds is 6. The molecule has 3 rings (SSSR count). The summed E-state index contributed by atoms with van der Waals surface area (Å²) in [5.74, 6) is 1.06. The van der Waals surface area contributed by atoms with Crippen LogP contribution in [0.2, 0.25) is 0 Å². The van der Waals surface area contributed by atoms with Crippen molar-refractivity contribution in [3.8, 4) is 17.7 Å². The Morgan fingerprint density at radius 2 is 1.83 bits per heavy atom. The zero-order valence-electron chi connectivity index (χ0n) is 13.6. The van der Waals surface area contributed by atoms with E-state index in [0.29, 0.717) is 48.2 Å². The van der Waals surface area contributed by atoms with E-state index in [2.05, 4.69) is 21.7 Å². The average molecular weight is 316 g/mol. The van der Waals surface area contributed by atoms with E-state index in [1.165, 1.54) is 12.8 Å². The standard InChI is InChI=1S/C17H24N4O2/c1-12-13(9-18)8-16(22-10-14-4-2-6-19-14)17(21-12)23-11-15-5-3-7-20-15/h8,14-15,19-20H,2-7,10-11H2,1H3/t14-,15-/m0/s1. The van der Waals surface area contributed by atoms with Crippen LogP contribution in [0.5, 0.6) is 11.6 Å². The van der Waals surface area contributed by atoms with Crippen LogP contribution in [-0.2, 0) is 0 Å². The molecule has 2 fully saturated rings. The van der Waals surface area contributed by atoms with Crippen molar-refractivity contribution >= 4 is 0 Å². The number of aryl methyl sites for hydroxylation is 1. The number of hydrogen-bond acceptors (Lipinski definition) is 6. The Balaban J connectivity index is 1.69.